The topological polar surface area (TPSA) is 58.6 Å². The van der Waals surface area contributed by atoms with E-state index in [1.165, 1.54) is 7.11 Å². The van der Waals surface area contributed by atoms with Gasteiger partial charge in [0.2, 0.25) is 5.91 Å². The highest BCUT2D eigenvalue weighted by molar-refractivity contribution is 6.32. The van der Waals surface area contributed by atoms with E-state index in [0.29, 0.717) is 29.4 Å². The lowest BCUT2D eigenvalue weighted by Gasteiger charge is -2.40. The molecule has 1 fully saturated rings. The standard InChI is InChI=1S/C15H19ClN2O3/c1-15(2)14(20)17-6-7-18(15)9-12(19)10-4-5-13(21-3)11(16)8-10/h4-5,8H,6-7,9H2,1-3H3,(H,17,20). The number of hydrogen-bond acceptors (Lipinski definition) is 4. The number of carbonyl (C=O) groups excluding carboxylic acids is 2. The Hall–Kier alpha value is -1.59. The Morgan fingerprint density at radius 3 is 2.81 bits per heavy atom. The first kappa shape index (κ1) is 15.8. The summed E-state index contributed by atoms with van der Waals surface area (Å²) in [6, 6.07) is 4.95. The molecule has 2 rings (SSSR count). The fraction of sp³-hybridized carbons (Fsp3) is 0.467. The molecule has 0 aliphatic carbocycles. The highest BCUT2D eigenvalue weighted by Gasteiger charge is 2.38. The minimum Gasteiger partial charge on any atom is -0.495 e. The van der Waals surface area contributed by atoms with Gasteiger partial charge in [-0.2, -0.15) is 0 Å². The quantitative estimate of drug-likeness (QED) is 0.861. The molecule has 1 aromatic carbocycles. The van der Waals surface area contributed by atoms with E-state index in [4.69, 9.17) is 16.3 Å². The van der Waals surface area contributed by atoms with Gasteiger partial charge in [0.25, 0.3) is 0 Å². The molecule has 0 aromatic heterocycles. The highest BCUT2D eigenvalue weighted by Crippen LogP contribution is 2.26. The third-order valence-corrected chi connectivity index (χ3v) is 4.12. The Bertz CT molecular complexity index is 572. The van der Waals surface area contributed by atoms with Gasteiger partial charge in [-0.25, -0.2) is 0 Å². The first-order valence-electron chi connectivity index (χ1n) is 6.76. The SMILES string of the molecule is COc1ccc(C(=O)CN2CCNC(=O)C2(C)C)cc1Cl. The van der Waals surface area contributed by atoms with Crippen LogP contribution in [0.4, 0.5) is 0 Å². The molecular formula is C15H19ClN2O3. The van der Waals surface area contributed by atoms with E-state index in [1.54, 1.807) is 18.2 Å². The van der Waals surface area contributed by atoms with Crippen molar-refractivity contribution in [2.75, 3.05) is 26.7 Å². The maximum absolute atomic E-state index is 12.4. The van der Waals surface area contributed by atoms with E-state index in [0.717, 1.165) is 0 Å². The lowest BCUT2D eigenvalue weighted by atomic mass is 9.97. The Kier molecular flexibility index (Phi) is 4.54. The fourth-order valence-corrected chi connectivity index (χ4v) is 2.58. The van der Waals surface area contributed by atoms with E-state index in [-0.39, 0.29) is 18.2 Å². The molecule has 5 nitrogen and oxygen atoms in total. The summed E-state index contributed by atoms with van der Waals surface area (Å²) in [5.74, 6) is 0.405. The van der Waals surface area contributed by atoms with Crippen molar-refractivity contribution in [2.45, 2.75) is 19.4 Å². The summed E-state index contributed by atoms with van der Waals surface area (Å²) in [6.45, 7) is 5.02. The Morgan fingerprint density at radius 1 is 1.48 bits per heavy atom. The summed E-state index contributed by atoms with van der Waals surface area (Å²) in [6.07, 6.45) is 0. The minimum atomic E-state index is -0.690. The average molecular weight is 311 g/mol. The van der Waals surface area contributed by atoms with Gasteiger partial charge in [0.05, 0.1) is 24.2 Å². The normalized spacial score (nSPS) is 18.2. The van der Waals surface area contributed by atoms with E-state index >= 15 is 0 Å². The number of carbonyl (C=O) groups is 2. The van der Waals surface area contributed by atoms with Crippen LogP contribution in [0.2, 0.25) is 5.02 Å². The van der Waals surface area contributed by atoms with Crippen molar-refractivity contribution in [3.05, 3.63) is 28.8 Å². The van der Waals surface area contributed by atoms with Crippen LogP contribution in [-0.2, 0) is 4.79 Å². The van der Waals surface area contributed by atoms with Gasteiger partial charge in [-0.1, -0.05) is 11.6 Å². The van der Waals surface area contributed by atoms with Gasteiger partial charge in [0.1, 0.15) is 5.75 Å². The van der Waals surface area contributed by atoms with E-state index < -0.39 is 5.54 Å². The lowest BCUT2D eigenvalue weighted by molar-refractivity contribution is -0.134. The van der Waals surface area contributed by atoms with Crippen LogP contribution in [-0.4, -0.2) is 48.9 Å². The van der Waals surface area contributed by atoms with Crippen LogP contribution in [0.1, 0.15) is 24.2 Å². The lowest BCUT2D eigenvalue weighted by Crippen LogP contribution is -2.62. The third-order valence-electron chi connectivity index (χ3n) is 3.82. The van der Waals surface area contributed by atoms with Crippen LogP contribution in [0.25, 0.3) is 0 Å². The average Bonchev–Trinajstić information content (AvgIpc) is 2.44. The van der Waals surface area contributed by atoms with Crippen molar-refractivity contribution < 1.29 is 14.3 Å². The molecule has 0 unspecified atom stereocenters. The van der Waals surface area contributed by atoms with Crippen molar-refractivity contribution >= 4 is 23.3 Å². The monoisotopic (exact) mass is 310 g/mol. The second-order valence-corrected chi connectivity index (χ2v) is 5.92. The first-order chi connectivity index (χ1) is 9.86. The molecule has 1 aromatic rings. The van der Waals surface area contributed by atoms with E-state index in [1.807, 2.05) is 18.7 Å². The molecule has 6 heteroatoms. The third kappa shape index (κ3) is 3.19. The second-order valence-electron chi connectivity index (χ2n) is 5.51. The van der Waals surface area contributed by atoms with Crippen molar-refractivity contribution in [1.29, 1.82) is 0 Å². The molecular weight excluding hydrogens is 292 g/mol. The second kappa shape index (κ2) is 6.03. The molecule has 114 valence electrons. The van der Waals surface area contributed by atoms with Crippen molar-refractivity contribution in [2.24, 2.45) is 0 Å². The van der Waals surface area contributed by atoms with E-state index in [2.05, 4.69) is 5.32 Å². The number of ether oxygens (including phenoxy) is 1. The Balaban J connectivity index is 2.14. The largest absolute Gasteiger partial charge is 0.495 e. The summed E-state index contributed by atoms with van der Waals surface area (Å²) < 4.78 is 5.07. The first-order valence-corrected chi connectivity index (χ1v) is 7.14. The Labute approximate surface area is 129 Å². The summed E-state index contributed by atoms with van der Waals surface area (Å²) in [5, 5.41) is 3.21. The number of ketones is 1. The summed E-state index contributed by atoms with van der Waals surface area (Å²) in [7, 11) is 1.53. The van der Waals surface area contributed by atoms with Crippen LogP contribution in [0.3, 0.4) is 0 Å². The molecule has 0 bridgehead atoms. The smallest absolute Gasteiger partial charge is 0.240 e. The predicted molar refractivity (Wildman–Crippen MR) is 81.0 cm³/mol. The van der Waals surface area contributed by atoms with Crippen molar-refractivity contribution in [3.8, 4) is 5.75 Å². The number of piperazine rings is 1. The maximum Gasteiger partial charge on any atom is 0.240 e. The van der Waals surface area contributed by atoms with Gasteiger partial charge >= 0.3 is 0 Å². The van der Waals surface area contributed by atoms with Gasteiger partial charge in [-0.3, -0.25) is 14.5 Å². The summed E-state index contributed by atoms with van der Waals surface area (Å²) in [5.41, 5.74) is -0.174. The number of rotatable bonds is 4. The number of Topliss-reactive ketones (excluding diaryl/α,β-unsaturated/α-hetero) is 1. The minimum absolute atomic E-state index is 0.0608. The Morgan fingerprint density at radius 2 is 2.19 bits per heavy atom. The summed E-state index contributed by atoms with van der Waals surface area (Å²) in [4.78, 5) is 26.1. The number of nitrogens with zero attached hydrogens (tertiary/aromatic N) is 1. The van der Waals surface area contributed by atoms with Crippen LogP contribution in [0, 0.1) is 0 Å². The van der Waals surface area contributed by atoms with Gasteiger partial charge in [0, 0.05) is 18.7 Å². The highest BCUT2D eigenvalue weighted by atomic mass is 35.5. The number of methoxy groups -OCH3 is 1. The maximum atomic E-state index is 12.4. The van der Waals surface area contributed by atoms with Crippen LogP contribution >= 0.6 is 11.6 Å². The van der Waals surface area contributed by atoms with Crippen molar-refractivity contribution in [1.82, 2.24) is 10.2 Å². The fourth-order valence-electron chi connectivity index (χ4n) is 2.32. The molecule has 0 radical (unpaired) electrons. The van der Waals surface area contributed by atoms with Gasteiger partial charge in [0.15, 0.2) is 5.78 Å². The van der Waals surface area contributed by atoms with Crippen LogP contribution < -0.4 is 10.1 Å². The number of halogens is 1. The predicted octanol–water partition coefficient (Wildman–Crippen LogP) is 1.74. The molecule has 0 spiro atoms. The number of benzene rings is 1. The number of amides is 1. The zero-order valence-corrected chi connectivity index (χ0v) is 13.2. The molecule has 1 saturated heterocycles. The van der Waals surface area contributed by atoms with Crippen molar-refractivity contribution in [3.63, 3.8) is 0 Å². The zero-order chi connectivity index (χ0) is 15.6. The number of hydrogen-bond donors (Lipinski definition) is 1. The molecule has 0 saturated carbocycles. The van der Waals surface area contributed by atoms with Crippen LogP contribution in [0.5, 0.6) is 5.75 Å². The molecule has 1 heterocycles. The molecule has 0 atom stereocenters. The zero-order valence-electron chi connectivity index (χ0n) is 12.4. The van der Waals surface area contributed by atoms with Gasteiger partial charge < -0.3 is 10.1 Å². The molecule has 1 aliphatic heterocycles. The van der Waals surface area contributed by atoms with E-state index in [9.17, 15) is 9.59 Å². The summed E-state index contributed by atoms with van der Waals surface area (Å²) >= 11 is 6.04. The molecule has 21 heavy (non-hydrogen) atoms. The molecule has 1 amide bonds. The molecule has 1 aliphatic rings. The molecule has 1 N–H and O–H groups in total. The van der Waals surface area contributed by atoms with Gasteiger partial charge in [-0.15, -0.1) is 0 Å². The number of nitrogens with one attached hydrogen (secondary N) is 1. The van der Waals surface area contributed by atoms with Gasteiger partial charge in [-0.05, 0) is 32.0 Å². The van der Waals surface area contributed by atoms with Crippen LogP contribution in [0.15, 0.2) is 18.2 Å².